The topological polar surface area (TPSA) is 45.5 Å². The minimum absolute atomic E-state index is 0.0763. The third-order valence-corrected chi connectivity index (χ3v) is 3.80. The van der Waals surface area contributed by atoms with Gasteiger partial charge in [0.05, 0.1) is 11.6 Å². The third-order valence-electron chi connectivity index (χ3n) is 3.80. The van der Waals surface area contributed by atoms with Gasteiger partial charge in [-0.25, -0.2) is 0 Å². The van der Waals surface area contributed by atoms with Crippen molar-refractivity contribution in [2.24, 2.45) is 5.92 Å². The number of carbonyl (C=O) groups excluding carboxylic acids is 1. The molecular formula is C15H18N2O2. The van der Waals surface area contributed by atoms with Crippen LogP contribution in [0.2, 0.25) is 0 Å². The first-order valence-electron chi connectivity index (χ1n) is 6.72. The molecule has 1 saturated heterocycles. The molecule has 1 aromatic heterocycles. The number of para-hydroxylation sites is 1. The SMILES string of the molecule is CN(C(=O)C1CCCNC1)c1coc2ccccc12. The second-order valence-electron chi connectivity index (χ2n) is 5.06. The Morgan fingerprint density at radius 3 is 3.05 bits per heavy atom. The summed E-state index contributed by atoms with van der Waals surface area (Å²) in [6, 6.07) is 7.79. The molecule has 3 rings (SSSR count). The van der Waals surface area contributed by atoms with Gasteiger partial charge in [-0.05, 0) is 31.5 Å². The molecule has 1 unspecified atom stereocenters. The van der Waals surface area contributed by atoms with E-state index in [2.05, 4.69) is 5.32 Å². The van der Waals surface area contributed by atoms with Crippen LogP contribution in [-0.4, -0.2) is 26.0 Å². The highest BCUT2D eigenvalue weighted by Crippen LogP contribution is 2.29. The van der Waals surface area contributed by atoms with E-state index in [0.29, 0.717) is 0 Å². The average Bonchev–Trinajstić information content (AvgIpc) is 2.90. The summed E-state index contributed by atoms with van der Waals surface area (Å²) in [6.07, 6.45) is 3.70. The molecule has 1 aliphatic rings. The Kier molecular flexibility index (Phi) is 3.25. The van der Waals surface area contributed by atoms with E-state index in [4.69, 9.17) is 4.42 Å². The van der Waals surface area contributed by atoms with Crippen molar-refractivity contribution in [2.75, 3.05) is 25.0 Å². The molecule has 1 N–H and O–H groups in total. The smallest absolute Gasteiger partial charge is 0.231 e. The van der Waals surface area contributed by atoms with E-state index in [1.54, 1.807) is 11.2 Å². The highest BCUT2D eigenvalue weighted by molar-refractivity contribution is 6.02. The molecule has 0 radical (unpaired) electrons. The molecule has 2 aromatic rings. The Labute approximate surface area is 112 Å². The average molecular weight is 258 g/mol. The molecule has 1 fully saturated rings. The molecule has 0 saturated carbocycles. The predicted molar refractivity (Wildman–Crippen MR) is 75.2 cm³/mol. The molecule has 0 aliphatic carbocycles. The van der Waals surface area contributed by atoms with Gasteiger partial charge in [0.1, 0.15) is 11.8 Å². The van der Waals surface area contributed by atoms with Crippen LogP contribution in [0, 0.1) is 5.92 Å². The van der Waals surface area contributed by atoms with E-state index >= 15 is 0 Å². The summed E-state index contributed by atoms with van der Waals surface area (Å²) in [7, 11) is 1.83. The zero-order chi connectivity index (χ0) is 13.2. The maximum absolute atomic E-state index is 12.5. The number of nitrogens with one attached hydrogen (secondary N) is 1. The Balaban J connectivity index is 1.86. The standard InChI is InChI=1S/C15H18N2O2/c1-17(15(18)11-5-4-8-16-9-11)13-10-19-14-7-3-2-6-12(13)14/h2-3,6-7,10-11,16H,4-5,8-9H2,1H3. The van der Waals surface area contributed by atoms with Crippen LogP contribution in [0.5, 0.6) is 0 Å². The largest absolute Gasteiger partial charge is 0.462 e. The normalized spacial score (nSPS) is 19.5. The number of anilines is 1. The Hall–Kier alpha value is -1.81. The summed E-state index contributed by atoms with van der Waals surface area (Å²) in [6.45, 7) is 1.79. The van der Waals surface area contributed by atoms with Gasteiger partial charge in [0.2, 0.25) is 5.91 Å². The van der Waals surface area contributed by atoms with Crippen LogP contribution >= 0.6 is 0 Å². The lowest BCUT2D eigenvalue weighted by Crippen LogP contribution is -2.41. The van der Waals surface area contributed by atoms with Gasteiger partial charge in [-0.15, -0.1) is 0 Å². The number of benzene rings is 1. The number of hydrogen-bond acceptors (Lipinski definition) is 3. The van der Waals surface area contributed by atoms with E-state index in [9.17, 15) is 4.79 Å². The summed E-state index contributed by atoms with van der Waals surface area (Å²) < 4.78 is 5.50. The number of amides is 1. The Bertz CT molecular complexity index is 585. The van der Waals surface area contributed by atoms with Gasteiger partial charge in [0.25, 0.3) is 0 Å². The van der Waals surface area contributed by atoms with Gasteiger partial charge < -0.3 is 14.6 Å². The number of nitrogens with zero attached hydrogens (tertiary/aromatic N) is 1. The number of carbonyl (C=O) groups is 1. The first-order chi connectivity index (χ1) is 9.27. The Morgan fingerprint density at radius 1 is 1.42 bits per heavy atom. The first-order valence-corrected chi connectivity index (χ1v) is 6.72. The quantitative estimate of drug-likeness (QED) is 0.899. The zero-order valence-corrected chi connectivity index (χ0v) is 11.1. The van der Waals surface area contributed by atoms with E-state index in [1.807, 2.05) is 31.3 Å². The number of furan rings is 1. The molecule has 100 valence electrons. The van der Waals surface area contributed by atoms with Crippen molar-refractivity contribution in [3.8, 4) is 0 Å². The molecule has 0 spiro atoms. The van der Waals surface area contributed by atoms with Gasteiger partial charge in [-0.1, -0.05) is 12.1 Å². The Morgan fingerprint density at radius 2 is 2.26 bits per heavy atom. The second-order valence-corrected chi connectivity index (χ2v) is 5.06. The lowest BCUT2D eigenvalue weighted by molar-refractivity contribution is -0.122. The van der Waals surface area contributed by atoms with E-state index in [-0.39, 0.29) is 11.8 Å². The lowest BCUT2D eigenvalue weighted by Gasteiger charge is -2.26. The van der Waals surface area contributed by atoms with Crippen molar-refractivity contribution >= 4 is 22.6 Å². The molecule has 1 atom stereocenters. The van der Waals surface area contributed by atoms with Crippen LogP contribution in [-0.2, 0) is 4.79 Å². The lowest BCUT2D eigenvalue weighted by atomic mass is 9.98. The van der Waals surface area contributed by atoms with Crippen LogP contribution in [0.15, 0.2) is 34.9 Å². The molecule has 1 amide bonds. The first kappa shape index (κ1) is 12.2. The van der Waals surface area contributed by atoms with Gasteiger partial charge in [0.15, 0.2) is 0 Å². The molecule has 0 bridgehead atoms. The molecule has 1 aromatic carbocycles. The van der Waals surface area contributed by atoms with Crippen molar-refractivity contribution in [3.63, 3.8) is 0 Å². The van der Waals surface area contributed by atoms with Crippen molar-refractivity contribution < 1.29 is 9.21 Å². The maximum atomic E-state index is 12.5. The number of piperidine rings is 1. The number of hydrogen-bond donors (Lipinski definition) is 1. The molecule has 2 heterocycles. The second kappa shape index (κ2) is 5.05. The summed E-state index contributed by atoms with van der Waals surface area (Å²) in [5, 5.41) is 4.27. The van der Waals surface area contributed by atoms with E-state index in [0.717, 1.165) is 42.6 Å². The fourth-order valence-corrected chi connectivity index (χ4v) is 2.68. The van der Waals surface area contributed by atoms with Gasteiger partial charge in [-0.2, -0.15) is 0 Å². The van der Waals surface area contributed by atoms with Crippen molar-refractivity contribution in [1.82, 2.24) is 5.32 Å². The highest BCUT2D eigenvalue weighted by atomic mass is 16.3. The van der Waals surface area contributed by atoms with Crippen LogP contribution in [0.25, 0.3) is 11.0 Å². The van der Waals surface area contributed by atoms with Crippen molar-refractivity contribution in [2.45, 2.75) is 12.8 Å². The van der Waals surface area contributed by atoms with Crippen LogP contribution in [0.1, 0.15) is 12.8 Å². The fraction of sp³-hybridized carbons (Fsp3) is 0.400. The van der Waals surface area contributed by atoms with Crippen molar-refractivity contribution in [1.29, 1.82) is 0 Å². The highest BCUT2D eigenvalue weighted by Gasteiger charge is 2.26. The number of fused-ring (bicyclic) bond motifs is 1. The molecule has 4 heteroatoms. The van der Waals surface area contributed by atoms with Gasteiger partial charge in [0, 0.05) is 19.0 Å². The molecule has 4 nitrogen and oxygen atoms in total. The number of rotatable bonds is 2. The summed E-state index contributed by atoms with van der Waals surface area (Å²) >= 11 is 0. The van der Waals surface area contributed by atoms with Crippen LogP contribution in [0.3, 0.4) is 0 Å². The fourth-order valence-electron chi connectivity index (χ4n) is 2.68. The monoisotopic (exact) mass is 258 g/mol. The summed E-state index contributed by atoms with van der Waals surface area (Å²) in [5.41, 5.74) is 1.67. The van der Waals surface area contributed by atoms with Crippen LogP contribution < -0.4 is 10.2 Å². The predicted octanol–water partition coefficient (Wildman–Crippen LogP) is 2.40. The van der Waals surface area contributed by atoms with Gasteiger partial charge >= 0.3 is 0 Å². The van der Waals surface area contributed by atoms with E-state index < -0.39 is 0 Å². The summed E-state index contributed by atoms with van der Waals surface area (Å²) in [5.74, 6) is 0.242. The van der Waals surface area contributed by atoms with Crippen LogP contribution in [0.4, 0.5) is 5.69 Å². The summed E-state index contributed by atoms with van der Waals surface area (Å²) in [4.78, 5) is 14.2. The van der Waals surface area contributed by atoms with Gasteiger partial charge in [-0.3, -0.25) is 4.79 Å². The maximum Gasteiger partial charge on any atom is 0.231 e. The third kappa shape index (κ3) is 2.24. The minimum atomic E-state index is 0.0763. The molecule has 1 aliphatic heterocycles. The van der Waals surface area contributed by atoms with E-state index in [1.165, 1.54) is 0 Å². The zero-order valence-electron chi connectivity index (χ0n) is 11.1. The molecule has 19 heavy (non-hydrogen) atoms. The molecular weight excluding hydrogens is 240 g/mol. The minimum Gasteiger partial charge on any atom is -0.462 e. The van der Waals surface area contributed by atoms with Crippen molar-refractivity contribution in [3.05, 3.63) is 30.5 Å².